The second-order valence-corrected chi connectivity index (χ2v) is 7.78. The fourth-order valence-corrected chi connectivity index (χ4v) is 3.40. The highest BCUT2D eigenvalue weighted by Gasteiger charge is 2.34. The summed E-state index contributed by atoms with van der Waals surface area (Å²) in [5, 5.41) is 49.3. The van der Waals surface area contributed by atoms with Gasteiger partial charge in [0.05, 0.1) is 6.61 Å². The summed E-state index contributed by atoms with van der Waals surface area (Å²) >= 11 is 0. The van der Waals surface area contributed by atoms with Gasteiger partial charge in [0, 0.05) is 38.5 Å². The summed E-state index contributed by atoms with van der Waals surface area (Å²) in [4.78, 5) is 25.2. The molecule has 5 N–H and O–H groups in total. The topological polar surface area (TPSA) is 166 Å². The summed E-state index contributed by atoms with van der Waals surface area (Å²) in [7, 11) is 0. The van der Waals surface area contributed by atoms with Crippen LogP contribution >= 0.6 is 0 Å². The predicted molar refractivity (Wildman–Crippen MR) is 115 cm³/mol. The summed E-state index contributed by atoms with van der Waals surface area (Å²) in [5.74, 6) is -1.41. The molecule has 1 saturated heterocycles. The van der Waals surface area contributed by atoms with Crippen molar-refractivity contribution in [2.24, 2.45) is 0 Å². The van der Waals surface area contributed by atoms with E-state index < -0.39 is 49.5 Å². The van der Waals surface area contributed by atoms with Gasteiger partial charge in [-0.1, -0.05) is 6.07 Å². The highest BCUT2D eigenvalue weighted by molar-refractivity contribution is 5.94. The molecule has 1 amide bonds. The molecule has 186 valence electrons. The van der Waals surface area contributed by atoms with Crippen LogP contribution in [0.3, 0.4) is 0 Å². The number of carbonyl (C=O) groups is 2. The van der Waals surface area contributed by atoms with Gasteiger partial charge >= 0.3 is 5.97 Å². The molecular formula is C22H33NO10. The maximum Gasteiger partial charge on any atom is 0.341 e. The summed E-state index contributed by atoms with van der Waals surface area (Å²) in [6, 6.07) is 6.00. The Labute approximate surface area is 192 Å². The van der Waals surface area contributed by atoms with Crippen molar-refractivity contribution in [1.82, 2.24) is 4.90 Å². The molecule has 11 nitrogen and oxygen atoms in total. The van der Waals surface area contributed by atoms with Crippen LogP contribution in [0, 0.1) is 0 Å². The lowest BCUT2D eigenvalue weighted by Crippen LogP contribution is -2.52. The Morgan fingerprint density at radius 2 is 1.88 bits per heavy atom. The van der Waals surface area contributed by atoms with E-state index in [0.29, 0.717) is 32.5 Å². The van der Waals surface area contributed by atoms with Crippen LogP contribution < -0.4 is 4.74 Å². The van der Waals surface area contributed by atoms with Gasteiger partial charge in [-0.05, 0) is 37.5 Å². The molecule has 1 heterocycles. The van der Waals surface area contributed by atoms with Gasteiger partial charge in [0.25, 0.3) is 5.91 Å². The fraction of sp³-hybridized carbons (Fsp3) is 0.636. The van der Waals surface area contributed by atoms with Crippen LogP contribution in [0.15, 0.2) is 24.3 Å². The Hall–Kier alpha value is -2.28. The molecule has 0 aliphatic carbocycles. The van der Waals surface area contributed by atoms with E-state index in [1.807, 2.05) is 0 Å². The van der Waals surface area contributed by atoms with Gasteiger partial charge in [-0.3, -0.25) is 4.79 Å². The first-order chi connectivity index (χ1) is 15.8. The van der Waals surface area contributed by atoms with Crippen molar-refractivity contribution in [3.63, 3.8) is 0 Å². The molecule has 1 fully saturated rings. The van der Waals surface area contributed by atoms with Crippen molar-refractivity contribution in [2.75, 3.05) is 46.1 Å². The maximum atomic E-state index is 13.2. The van der Waals surface area contributed by atoms with Crippen LogP contribution in [0.5, 0.6) is 5.75 Å². The number of rotatable bonds is 6. The highest BCUT2D eigenvalue weighted by atomic mass is 16.5. The molecule has 0 saturated carbocycles. The Balaban J connectivity index is 2.19. The number of carbonyl (C=O) groups excluding carboxylic acids is 1. The molecule has 0 spiro atoms. The maximum absolute atomic E-state index is 13.2. The molecule has 0 bridgehead atoms. The third-order valence-electron chi connectivity index (χ3n) is 5.15. The Morgan fingerprint density at radius 1 is 1.15 bits per heavy atom. The lowest BCUT2D eigenvalue weighted by Gasteiger charge is -2.33. The molecule has 1 aromatic carbocycles. The van der Waals surface area contributed by atoms with Crippen LogP contribution in [-0.4, -0.2) is 113 Å². The molecule has 2 rings (SSSR count). The van der Waals surface area contributed by atoms with Crippen molar-refractivity contribution in [3.8, 4) is 5.75 Å². The molecular weight excluding hydrogens is 438 g/mol. The number of β-amino-alcohol motifs (C(OH)–C–C–N with tert-alkyl or cyclic N) is 1. The van der Waals surface area contributed by atoms with E-state index in [2.05, 4.69) is 0 Å². The van der Waals surface area contributed by atoms with Gasteiger partial charge in [-0.2, -0.15) is 0 Å². The van der Waals surface area contributed by atoms with Crippen LogP contribution in [0.25, 0.3) is 0 Å². The second-order valence-electron chi connectivity index (χ2n) is 7.78. The minimum Gasteiger partial charge on any atom is -0.482 e. The van der Waals surface area contributed by atoms with Gasteiger partial charge in [0.2, 0.25) is 0 Å². The molecule has 0 aromatic heterocycles. The predicted octanol–water partition coefficient (Wildman–Crippen LogP) is -0.747. The van der Waals surface area contributed by atoms with E-state index in [9.17, 15) is 30.0 Å². The van der Waals surface area contributed by atoms with Crippen LogP contribution in [0.1, 0.15) is 29.6 Å². The zero-order chi connectivity index (χ0) is 24.2. The Kier molecular flexibility index (Phi) is 11.5. The molecule has 11 heteroatoms. The number of carboxylic acids is 1. The normalized spacial score (nSPS) is 24.5. The summed E-state index contributed by atoms with van der Waals surface area (Å²) in [5.41, 5.74) is 0.213. The van der Waals surface area contributed by atoms with Crippen molar-refractivity contribution in [2.45, 2.75) is 43.7 Å². The van der Waals surface area contributed by atoms with Crippen molar-refractivity contribution < 1.29 is 49.3 Å². The van der Waals surface area contributed by atoms with E-state index in [1.165, 1.54) is 23.1 Å². The standard InChI is InChI=1S/C22H33NO10/c24-13-18(26)21-20(29)17(25)12-23(7-4-9-31-8-1-2-10-32-21)22(30)15-5-3-6-16(11-15)33-14-19(27)28/h3,5-6,11,17-18,20-21,24-26,29H,1-2,4,7-10,12-14H2,(H,27,28)/t17-,18-,20-,21-/m1/s1. The number of aliphatic carboxylic acids is 1. The molecule has 4 atom stereocenters. The lowest BCUT2D eigenvalue weighted by atomic mass is 10.0. The first-order valence-corrected chi connectivity index (χ1v) is 10.9. The quantitative estimate of drug-likeness (QED) is 0.356. The molecule has 1 aliphatic heterocycles. The first kappa shape index (κ1) is 27.0. The number of hydrogen-bond acceptors (Lipinski definition) is 9. The monoisotopic (exact) mass is 471 g/mol. The number of nitrogens with zero attached hydrogens (tertiary/aromatic N) is 1. The lowest BCUT2D eigenvalue weighted by molar-refractivity contribution is -0.145. The van der Waals surface area contributed by atoms with Gasteiger partial charge in [-0.25, -0.2) is 4.79 Å². The summed E-state index contributed by atoms with van der Waals surface area (Å²) < 4.78 is 16.2. The van der Waals surface area contributed by atoms with E-state index >= 15 is 0 Å². The van der Waals surface area contributed by atoms with E-state index in [0.717, 1.165) is 0 Å². The van der Waals surface area contributed by atoms with Crippen LogP contribution in [-0.2, 0) is 14.3 Å². The van der Waals surface area contributed by atoms with E-state index in [1.54, 1.807) is 6.07 Å². The minimum atomic E-state index is -1.55. The van der Waals surface area contributed by atoms with Crippen molar-refractivity contribution >= 4 is 11.9 Å². The number of ether oxygens (including phenoxy) is 3. The van der Waals surface area contributed by atoms with Crippen molar-refractivity contribution in [3.05, 3.63) is 29.8 Å². The minimum absolute atomic E-state index is 0.195. The number of hydrogen-bond donors (Lipinski definition) is 5. The number of aliphatic hydroxyl groups excluding tert-OH is 4. The zero-order valence-corrected chi connectivity index (χ0v) is 18.4. The number of aliphatic hydroxyl groups is 4. The smallest absolute Gasteiger partial charge is 0.341 e. The van der Waals surface area contributed by atoms with E-state index in [-0.39, 0.29) is 31.0 Å². The third kappa shape index (κ3) is 8.88. The average Bonchev–Trinajstić information content (AvgIpc) is 2.81. The molecule has 0 unspecified atom stereocenters. The zero-order valence-electron chi connectivity index (χ0n) is 18.4. The molecule has 0 radical (unpaired) electrons. The molecule has 1 aliphatic rings. The van der Waals surface area contributed by atoms with Gasteiger partial charge in [0.15, 0.2) is 6.61 Å². The van der Waals surface area contributed by atoms with Gasteiger partial charge in [0.1, 0.15) is 30.2 Å². The van der Waals surface area contributed by atoms with Crippen LogP contribution in [0.2, 0.25) is 0 Å². The SMILES string of the molecule is O=C(O)COc1cccc(C(=O)N2CCCOCCCCO[C@H]([C@H](O)CO)[C@H](O)[C@H](O)C2)c1. The van der Waals surface area contributed by atoms with Crippen molar-refractivity contribution in [1.29, 1.82) is 0 Å². The largest absolute Gasteiger partial charge is 0.482 e. The Bertz CT molecular complexity index is 746. The van der Waals surface area contributed by atoms with Gasteiger partial charge in [-0.15, -0.1) is 0 Å². The fourth-order valence-electron chi connectivity index (χ4n) is 3.40. The summed E-state index contributed by atoms with van der Waals surface area (Å²) in [6.07, 6.45) is -3.87. The van der Waals surface area contributed by atoms with Crippen LogP contribution in [0.4, 0.5) is 0 Å². The third-order valence-corrected chi connectivity index (χ3v) is 5.15. The second kappa shape index (κ2) is 14.1. The van der Waals surface area contributed by atoms with Gasteiger partial charge < -0.3 is 44.6 Å². The molecule has 1 aromatic rings. The average molecular weight is 472 g/mol. The number of carboxylic acid groups (broad SMARTS) is 1. The van der Waals surface area contributed by atoms with E-state index in [4.69, 9.17) is 19.3 Å². The Morgan fingerprint density at radius 3 is 2.61 bits per heavy atom. The number of benzene rings is 1. The number of amides is 1. The highest BCUT2D eigenvalue weighted by Crippen LogP contribution is 2.18. The summed E-state index contributed by atoms with van der Waals surface area (Å²) in [6.45, 7) is -0.188. The molecule has 33 heavy (non-hydrogen) atoms. The first-order valence-electron chi connectivity index (χ1n) is 10.9.